The zero-order chi connectivity index (χ0) is 17.9. The number of rotatable bonds is 6. The van der Waals surface area contributed by atoms with Crippen molar-refractivity contribution in [1.82, 2.24) is 4.90 Å². The second-order valence-electron chi connectivity index (χ2n) is 6.39. The Kier molecular flexibility index (Phi) is 5.65. The van der Waals surface area contributed by atoms with E-state index in [-0.39, 0.29) is 18.0 Å². The summed E-state index contributed by atoms with van der Waals surface area (Å²) in [4.78, 5) is 27.1. The molecular formula is C19H26N2O3. The Morgan fingerprint density at radius 2 is 2.08 bits per heavy atom. The van der Waals surface area contributed by atoms with Gasteiger partial charge in [0.25, 0.3) is 5.91 Å². The third-order valence-corrected chi connectivity index (χ3v) is 4.20. The van der Waals surface area contributed by atoms with Crippen LogP contribution in [0.25, 0.3) is 0 Å². The van der Waals surface area contributed by atoms with Gasteiger partial charge < -0.3 is 15.0 Å². The van der Waals surface area contributed by atoms with Gasteiger partial charge in [0, 0.05) is 11.7 Å². The van der Waals surface area contributed by atoms with Crippen LogP contribution in [0.4, 0.5) is 5.69 Å². The molecule has 0 spiro atoms. The maximum atomic E-state index is 13.0. The van der Waals surface area contributed by atoms with Crippen LogP contribution in [-0.2, 0) is 14.3 Å². The molecule has 0 bridgehead atoms. The standard InChI is InChI=1S/C19H26N2O3/c1-6-8-15-16(19(23)24-5)17(18(22)21(15)12(2)3)20-14-10-7-9-13(4)11-14/h7,9-12,15,20H,6,8H2,1-5H3. The number of benzene rings is 1. The van der Waals surface area contributed by atoms with Crippen LogP contribution in [0.1, 0.15) is 39.2 Å². The van der Waals surface area contributed by atoms with Gasteiger partial charge in [0.05, 0.1) is 18.7 Å². The van der Waals surface area contributed by atoms with E-state index in [1.165, 1.54) is 7.11 Å². The average molecular weight is 330 g/mol. The Labute approximate surface area is 143 Å². The monoisotopic (exact) mass is 330 g/mol. The first-order valence-corrected chi connectivity index (χ1v) is 8.39. The van der Waals surface area contributed by atoms with Crippen LogP contribution in [0, 0.1) is 6.92 Å². The van der Waals surface area contributed by atoms with E-state index < -0.39 is 5.97 Å². The van der Waals surface area contributed by atoms with E-state index in [4.69, 9.17) is 4.74 Å². The average Bonchev–Trinajstić information content (AvgIpc) is 2.79. The minimum absolute atomic E-state index is 0.00511. The van der Waals surface area contributed by atoms with Crippen molar-refractivity contribution in [3.63, 3.8) is 0 Å². The number of carbonyl (C=O) groups is 2. The van der Waals surface area contributed by atoms with E-state index in [1.807, 2.05) is 52.0 Å². The van der Waals surface area contributed by atoms with E-state index in [2.05, 4.69) is 5.32 Å². The van der Waals surface area contributed by atoms with Gasteiger partial charge in [-0.05, 0) is 44.9 Å². The van der Waals surface area contributed by atoms with Crippen LogP contribution in [0.5, 0.6) is 0 Å². The molecule has 0 fully saturated rings. The second kappa shape index (κ2) is 7.51. The lowest BCUT2D eigenvalue weighted by molar-refractivity contribution is -0.136. The van der Waals surface area contributed by atoms with Gasteiger partial charge in [-0.3, -0.25) is 4.79 Å². The molecule has 1 aromatic carbocycles. The summed E-state index contributed by atoms with van der Waals surface area (Å²) in [7, 11) is 1.35. The molecule has 0 aromatic heterocycles. The minimum Gasteiger partial charge on any atom is -0.466 e. The third kappa shape index (κ3) is 3.45. The first-order valence-electron chi connectivity index (χ1n) is 8.39. The first-order chi connectivity index (χ1) is 11.4. The fraction of sp³-hybridized carbons (Fsp3) is 0.474. The van der Waals surface area contributed by atoms with E-state index in [9.17, 15) is 9.59 Å². The Morgan fingerprint density at radius 3 is 2.62 bits per heavy atom. The van der Waals surface area contributed by atoms with E-state index in [1.54, 1.807) is 4.90 Å². The molecule has 1 atom stereocenters. The van der Waals surface area contributed by atoms with Crippen molar-refractivity contribution in [2.75, 3.05) is 12.4 Å². The summed E-state index contributed by atoms with van der Waals surface area (Å²) in [5, 5.41) is 3.16. The summed E-state index contributed by atoms with van der Waals surface area (Å²) in [6.07, 6.45) is 1.60. The second-order valence-corrected chi connectivity index (χ2v) is 6.39. The zero-order valence-electron chi connectivity index (χ0n) is 15.1. The van der Waals surface area contributed by atoms with Gasteiger partial charge in [-0.1, -0.05) is 25.5 Å². The summed E-state index contributed by atoms with van der Waals surface area (Å²) >= 11 is 0. The van der Waals surface area contributed by atoms with Crippen molar-refractivity contribution >= 4 is 17.6 Å². The molecule has 1 unspecified atom stereocenters. The predicted octanol–water partition coefficient (Wildman–Crippen LogP) is 3.25. The van der Waals surface area contributed by atoms with Gasteiger partial charge in [-0.2, -0.15) is 0 Å². The van der Waals surface area contributed by atoms with Gasteiger partial charge in [0.2, 0.25) is 0 Å². The number of esters is 1. The van der Waals surface area contributed by atoms with Crippen molar-refractivity contribution in [2.24, 2.45) is 0 Å². The van der Waals surface area contributed by atoms with Crippen LogP contribution in [0.15, 0.2) is 35.5 Å². The lowest BCUT2D eigenvalue weighted by atomic mass is 10.0. The molecule has 0 saturated heterocycles. The van der Waals surface area contributed by atoms with Crippen molar-refractivity contribution in [3.05, 3.63) is 41.1 Å². The van der Waals surface area contributed by atoms with Crippen LogP contribution in [0.3, 0.4) is 0 Å². The molecule has 1 aromatic rings. The Bertz CT molecular complexity index is 664. The van der Waals surface area contributed by atoms with Crippen LogP contribution in [0.2, 0.25) is 0 Å². The number of amides is 1. The molecule has 0 aliphatic carbocycles. The lowest BCUT2D eigenvalue weighted by Crippen LogP contribution is -2.42. The van der Waals surface area contributed by atoms with Crippen molar-refractivity contribution in [3.8, 4) is 0 Å². The number of nitrogens with one attached hydrogen (secondary N) is 1. The van der Waals surface area contributed by atoms with Crippen molar-refractivity contribution in [1.29, 1.82) is 0 Å². The van der Waals surface area contributed by atoms with E-state index >= 15 is 0 Å². The number of methoxy groups -OCH3 is 1. The van der Waals surface area contributed by atoms with Crippen LogP contribution < -0.4 is 5.32 Å². The molecule has 2 rings (SSSR count). The number of hydrogen-bond acceptors (Lipinski definition) is 4. The van der Waals surface area contributed by atoms with Crippen LogP contribution in [-0.4, -0.2) is 36.0 Å². The highest BCUT2D eigenvalue weighted by Gasteiger charge is 2.43. The molecular weight excluding hydrogens is 304 g/mol. The number of carbonyl (C=O) groups excluding carboxylic acids is 2. The smallest absolute Gasteiger partial charge is 0.338 e. The molecule has 0 radical (unpaired) electrons. The molecule has 1 aliphatic heterocycles. The Morgan fingerprint density at radius 1 is 1.38 bits per heavy atom. The number of aryl methyl sites for hydroxylation is 1. The summed E-state index contributed by atoms with van der Waals surface area (Å²) in [6, 6.07) is 7.49. The topological polar surface area (TPSA) is 58.6 Å². The molecule has 1 aliphatic rings. The zero-order valence-corrected chi connectivity index (χ0v) is 15.1. The number of ether oxygens (including phenoxy) is 1. The maximum Gasteiger partial charge on any atom is 0.338 e. The van der Waals surface area contributed by atoms with Gasteiger partial charge in [-0.15, -0.1) is 0 Å². The fourth-order valence-electron chi connectivity index (χ4n) is 3.18. The Hall–Kier alpha value is -2.30. The van der Waals surface area contributed by atoms with Crippen LogP contribution >= 0.6 is 0 Å². The van der Waals surface area contributed by atoms with Gasteiger partial charge in [0.1, 0.15) is 5.70 Å². The quantitative estimate of drug-likeness (QED) is 0.814. The highest BCUT2D eigenvalue weighted by molar-refractivity contribution is 6.09. The number of nitrogens with zero attached hydrogens (tertiary/aromatic N) is 1. The molecule has 1 amide bonds. The summed E-state index contributed by atoms with van der Waals surface area (Å²) < 4.78 is 4.96. The molecule has 0 saturated carbocycles. The molecule has 5 heteroatoms. The summed E-state index contributed by atoms with van der Waals surface area (Å²) in [5.74, 6) is -0.592. The summed E-state index contributed by atoms with van der Waals surface area (Å²) in [6.45, 7) is 7.96. The predicted molar refractivity (Wildman–Crippen MR) is 94.5 cm³/mol. The minimum atomic E-state index is -0.444. The Balaban J connectivity index is 2.49. The molecule has 5 nitrogen and oxygen atoms in total. The van der Waals surface area contributed by atoms with Gasteiger partial charge in [-0.25, -0.2) is 4.79 Å². The molecule has 130 valence electrons. The third-order valence-electron chi connectivity index (χ3n) is 4.20. The number of hydrogen-bond donors (Lipinski definition) is 1. The van der Waals surface area contributed by atoms with Crippen molar-refractivity contribution in [2.45, 2.75) is 52.6 Å². The highest BCUT2D eigenvalue weighted by Crippen LogP contribution is 2.32. The largest absolute Gasteiger partial charge is 0.466 e. The number of anilines is 1. The fourth-order valence-corrected chi connectivity index (χ4v) is 3.18. The lowest BCUT2D eigenvalue weighted by Gasteiger charge is -2.29. The first kappa shape index (κ1) is 18.0. The maximum absolute atomic E-state index is 13.0. The van der Waals surface area contributed by atoms with Crippen molar-refractivity contribution < 1.29 is 14.3 Å². The SMILES string of the molecule is CCCC1C(C(=O)OC)=C(Nc2cccc(C)c2)C(=O)N1C(C)C. The van der Waals surface area contributed by atoms with Gasteiger partial charge in [0.15, 0.2) is 0 Å². The summed E-state index contributed by atoms with van der Waals surface area (Å²) in [5.41, 5.74) is 2.64. The molecule has 1 heterocycles. The molecule has 24 heavy (non-hydrogen) atoms. The molecule has 1 N–H and O–H groups in total. The normalized spacial score (nSPS) is 17.7. The van der Waals surface area contributed by atoms with Gasteiger partial charge >= 0.3 is 5.97 Å². The highest BCUT2D eigenvalue weighted by atomic mass is 16.5. The van der Waals surface area contributed by atoms with E-state index in [0.717, 1.165) is 24.1 Å². The van der Waals surface area contributed by atoms with E-state index in [0.29, 0.717) is 11.3 Å².